The highest BCUT2D eigenvalue weighted by molar-refractivity contribution is 5.96. The van der Waals surface area contributed by atoms with Gasteiger partial charge in [0.25, 0.3) is 5.91 Å². The molecule has 1 aromatic carbocycles. The molecule has 24 heavy (non-hydrogen) atoms. The monoisotopic (exact) mass is 330 g/mol. The van der Waals surface area contributed by atoms with E-state index in [4.69, 9.17) is 9.15 Å². The van der Waals surface area contributed by atoms with Crippen molar-refractivity contribution < 1.29 is 18.7 Å². The zero-order chi connectivity index (χ0) is 17.7. The Morgan fingerprint density at radius 1 is 1.12 bits per heavy atom. The first kappa shape index (κ1) is 17.6. The van der Waals surface area contributed by atoms with Crippen molar-refractivity contribution in [3.8, 4) is 5.75 Å². The molecule has 6 nitrogen and oxygen atoms in total. The smallest absolute Gasteiger partial charge is 0.273 e. The van der Waals surface area contributed by atoms with E-state index in [-0.39, 0.29) is 18.9 Å². The number of furan rings is 1. The molecule has 2 amide bonds. The van der Waals surface area contributed by atoms with E-state index >= 15 is 0 Å². The van der Waals surface area contributed by atoms with Crippen LogP contribution in [0.2, 0.25) is 0 Å². The van der Waals surface area contributed by atoms with E-state index in [1.807, 2.05) is 32.0 Å². The van der Waals surface area contributed by atoms with E-state index in [0.29, 0.717) is 17.1 Å². The van der Waals surface area contributed by atoms with E-state index in [9.17, 15) is 9.59 Å². The first-order valence-corrected chi connectivity index (χ1v) is 7.73. The Bertz CT molecular complexity index is 749. The average Bonchev–Trinajstić information content (AvgIpc) is 2.88. The number of benzene rings is 1. The van der Waals surface area contributed by atoms with Gasteiger partial charge in [-0.1, -0.05) is 12.1 Å². The highest BCUT2D eigenvalue weighted by Crippen LogP contribution is 2.20. The number of carbonyl (C=O) groups excluding carboxylic acids is 2. The largest absolute Gasteiger partial charge is 0.493 e. The van der Waals surface area contributed by atoms with Crippen LogP contribution in [0.25, 0.3) is 0 Å². The summed E-state index contributed by atoms with van der Waals surface area (Å²) in [6.07, 6.45) is 0.136. The SMILES string of the molecule is Cc1cc(C(=O)NNC(=O)CCOc2cccc(C)c2C)c(C)o1. The molecule has 2 N–H and O–H groups in total. The molecule has 0 spiro atoms. The van der Waals surface area contributed by atoms with Crippen molar-refractivity contribution in [2.45, 2.75) is 34.1 Å². The molecule has 0 aliphatic carbocycles. The lowest BCUT2D eigenvalue weighted by atomic mass is 10.1. The third-order valence-electron chi connectivity index (χ3n) is 3.74. The number of hydrogen-bond donors (Lipinski definition) is 2. The van der Waals surface area contributed by atoms with Crippen LogP contribution in [0.5, 0.6) is 5.75 Å². The normalized spacial score (nSPS) is 10.3. The van der Waals surface area contributed by atoms with Crippen LogP contribution in [0.4, 0.5) is 0 Å². The second-order valence-electron chi connectivity index (χ2n) is 5.63. The Labute approximate surface area is 141 Å². The molecule has 0 aliphatic heterocycles. The molecule has 1 aromatic heterocycles. The van der Waals surface area contributed by atoms with Crippen molar-refractivity contribution in [1.29, 1.82) is 0 Å². The fourth-order valence-electron chi connectivity index (χ4n) is 2.25. The first-order chi connectivity index (χ1) is 11.4. The van der Waals surface area contributed by atoms with Gasteiger partial charge < -0.3 is 9.15 Å². The van der Waals surface area contributed by atoms with Crippen LogP contribution in [0.15, 0.2) is 28.7 Å². The van der Waals surface area contributed by atoms with Crippen LogP contribution < -0.4 is 15.6 Å². The van der Waals surface area contributed by atoms with Gasteiger partial charge in [0.15, 0.2) is 0 Å². The van der Waals surface area contributed by atoms with Crippen LogP contribution in [-0.2, 0) is 4.79 Å². The number of hydrazine groups is 1. The molecule has 1 heterocycles. The minimum Gasteiger partial charge on any atom is -0.493 e. The van der Waals surface area contributed by atoms with Gasteiger partial charge in [-0.15, -0.1) is 0 Å². The molecule has 0 unspecified atom stereocenters. The summed E-state index contributed by atoms with van der Waals surface area (Å²) in [5.74, 6) is 1.18. The number of rotatable bonds is 5. The maximum absolute atomic E-state index is 11.9. The standard InChI is InChI=1S/C18H22N2O4/c1-11-6-5-7-16(13(11)3)23-9-8-17(21)19-20-18(22)15-10-12(2)24-14(15)4/h5-7,10H,8-9H2,1-4H3,(H,19,21)(H,20,22). The van der Waals surface area contributed by atoms with Crippen LogP contribution in [0, 0.1) is 27.7 Å². The summed E-state index contributed by atoms with van der Waals surface area (Å²) in [7, 11) is 0. The van der Waals surface area contributed by atoms with E-state index in [1.165, 1.54) is 0 Å². The zero-order valence-electron chi connectivity index (χ0n) is 14.4. The lowest BCUT2D eigenvalue weighted by Gasteiger charge is -2.11. The molecule has 0 aliphatic rings. The highest BCUT2D eigenvalue weighted by Gasteiger charge is 2.14. The number of ether oxygens (including phenoxy) is 1. The third kappa shape index (κ3) is 4.38. The van der Waals surface area contributed by atoms with E-state index in [0.717, 1.165) is 16.9 Å². The minimum atomic E-state index is -0.409. The molecule has 128 valence electrons. The second-order valence-corrected chi connectivity index (χ2v) is 5.63. The third-order valence-corrected chi connectivity index (χ3v) is 3.74. The molecule has 0 fully saturated rings. The number of nitrogens with one attached hydrogen (secondary N) is 2. The minimum absolute atomic E-state index is 0.136. The fourth-order valence-corrected chi connectivity index (χ4v) is 2.25. The molecule has 0 saturated heterocycles. The number of amides is 2. The average molecular weight is 330 g/mol. The molecule has 6 heteroatoms. The second kappa shape index (κ2) is 7.68. The van der Waals surface area contributed by atoms with Gasteiger partial charge in [-0.3, -0.25) is 20.4 Å². The summed E-state index contributed by atoms with van der Waals surface area (Å²) >= 11 is 0. The summed E-state index contributed by atoms with van der Waals surface area (Å²) in [6, 6.07) is 7.41. The Hall–Kier alpha value is -2.76. The van der Waals surface area contributed by atoms with Gasteiger partial charge in [0, 0.05) is 0 Å². The molecule has 0 saturated carbocycles. The van der Waals surface area contributed by atoms with Gasteiger partial charge in [0.1, 0.15) is 17.3 Å². The van der Waals surface area contributed by atoms with Crippen molar-refractivity contribution in [2.75, 3.05) is 6.61 Å². The molecular weight excluding hydrogens is 308 g/mol. The number of hydrogen-bond acceptors (Lipinski definition) is 4. The van der Waals surface area contributed by atoms with Crippen molar-refractivity contribution in [3.05, 3.63) is 52.5 Å². The maximum atomic E-state index is 11.9. The summed E-state index contributed by atoms with van der Waals surface area (Å²) < 4.78 is 10.9. The highest BCUT2D eigenvalue weighted by atomic mass is 16.5. The quantitative estimate of drug-likeness (QED) is 0.826. The van der Waals surface area contributed by atoms with Crippen LogP contribution in [-0.4, -0.2) is 18.4 Å². The predicted molar refractivity (Wildman–Crippen MR) is 89.8 cm³/mol. The Balaban J connectivity index is 1.76. The molecule has 2 aromatic rings. The van der Waals surface area contributed by atoms with Crippen LogP contribution in [0.1, 0.15) is 39.4 Å². The summed E-state index contributed by atoms with van der Waals surface area (Å²) in [5.41, 5.74) is 7.33. The molecule has 2 rings (SSSR count). The first-order valence-electron chi connectivity index (χ1n) is 7.73. The van der Waals surface area contributed by atoms with E-state index < -0.39 is 5.91 Å². The summed E-state index contributed by atoms with van der Waals surface area (Å²) in [6.45, 7) is 7.66. The van der Waals surface area contributed by atoms with Crippen LogP contribution >= 0.6 is 0 Å². The molecular formula is C18H22N2O4. The molecule has 0 bridgehead atoms. The van der Waals surface area contributed by atoms with Gasteiger partial charge in [-0.05, 0) is 51.0 Å². The van der Waals surface area contributed by atoms with Gasteiger partial charge >= 0.3 is 0 Å². The summed E-state index contributed by atoms with van der Waals surface area (Å²) in [5, 5.41) is 0. The topological polar surface area (TPSA) is 80.6 Å². The van der Waals surface area contributed by atoms with Gasteiger partial charge in [-0.2, -0.15) is 0 Å². The number of aryl methyl sites for hydroxylation is 3. The van der Waals surface area contributed by atoms with Crippen molar-refractivity contribution in [1.82, 2.24) is 10.9 Å². The zero-order valence-corrected chi connectivity index (χ0v) is 14.4. The summed E-state index contributed by atoms with van der Waals surface area (Å²) in [4.78, 5) is 23.7. The van der Waals surface area contributed by atoms with Gasteiger partial charge in [0.05, 0.1) is 18.6 Å². The van der Waals surface area contributed by atoms with Crippen molar-refractivity contribution in [2.24, 2.45) is 0 Å². The Kier molecular flexibility index (Phi) is 5.63. The van der Waals surface area contributed by atoms with E-state index in [1.54, 1.807) is 19.9 Å². The number of carbonyl (C=O) groups is 2. The fraction of sp³-hybridized carbons (Fsp3) is 0.333. The lowest BCUT2D eigenvalue weighted by molar-refractivity contribution is -0.122. The van der Waals surface area contributed by atoms with Gasteiger partial charge in [-0.25, -0.2) is 0 Å². The lowest BCUT2D eigenvalue weighted by Crippen LogP contribution is -2.42. The van der Waals surface area contributed by atoms with Gasteiger partial charge in [0.2, 0.25) is 5.91 Å². The maximum Gasteiger partial charge on any atom is 0.273 e. The molecule has 0 radical (unpaired) electrons. The van der Waals surface area contributed by atoms with Crippen molar-refractivity contribution >= 4 is 11.8 Å². The predicted octanol–water partition coefficient (Wildman–Crippen LogP) is 2.74. The van der Waals surface area contributed by atoms with E-state index in [2.05, 4.69) is 10.9 Å². The molecule has 0 atom stereocenters. The Morgan fingerprint density at radius 2 is 1.88 bits per heavy atom. The van der Waals surface area contributed by atoms with Crippen LogP contribution in [0.3, 0.4) is 0 Å². The van der Waals surface area contributed by atoms with Crippen molar-refractivity contribution in [3.63, 3.8) is 0 Å². The Morgan fingerprint density at radius 3 is 2.54 bits per heavy atom.